The van der Waals surface area contributed by atoms with E-state index < -0.39 is 0 Å². The van der Waals surface area contributed by atoms with E-state index >= 15 is 0 Å². The predicted molar refractivity (Wildman–Crippen MR) is 44.3 cm³/mol. The summed E-state index contributed by atoms with van der Waals surface area (Å²) in [6, 6.07) is -0.124. The minimum Gasteiger partial charge on any atom is -0.569 e. The Kier molecular flexibility index (Phi) is 6.34. The highest BCUT2D eigenvalue weighted by Crippen LogP contribution is 1.90. The lowest BCUT2D eigenvalue weighted by Crippen LogP contribution is -2.28. The van der Waals surface area contributed by atoms with Crippen molar-refractivity contribution in [1.82, 2.24) is 5.01 Å². The molecule has 0 radical (unpaired) electrons. The van der Waals surface area contributed by atoms with Gasteiger partial charge in [0.2, 0.25) is 5.28 Å². The summed E-state index contributed by atoms with van der Waals surface area (Å²) < 4.78 is 0. The molecule has 0 aromatic heterocycles. The average Bonchev–Trinajstić information content (AvgIpc) is 2.00. The van der Waals surface area contributed by atoms with E-state index in [2.05, 4.69) is 26.0 Å². The Balaban J connectivity index is 3.69. The fourth-order valence-corrected chi connectivity index (χ4v) is 0.898. The Morgan fingerprint density at radius 1 is 1.82 bits per heavy atom. The smallest absolute Gasteiger partial charge is 0.234 e. The third-order valence-corrected chi connectivity index (χ3v) is 1.33. The first-order valence-corrected chi connectivity index (χ1v) is 4.51. The van der Waals surface area contributed by atoms with Crippen LogP contribution >= 0.6 is 27.5 Å². The van der Waals surface area contributed by atoms with Crippen molar-refractivity contribution in [3.05, 3.63) is 5.21 Å². The third kappa shape index (κ3) is 5.09. The van der Waals surface area contributed by atoms with E-state index in [0.29, 0.717) is 16.8 Å². The maximum absolute atomic E-state index is 10.8. The van der Waals surface area contributed by atoms with Gasteiger partial charge in [-0.05, 0) is 0 Å². The monoisotopic (exact) mass is 245 g/mol. The second-order valence-electron chi connectivity index (χ2n) is 1.64. The lowest BCUT2D eigenvalue weighted by Gasteiger charge is -2.09. The molecule has 0 saturated heterocycles. The molecule has 0 rings (SSSR count). The number of hydrogen-bond acceptors (Lipinski definition) is 3. The number of hydrogen-bond donors (Lipinski definition) is 0. The van der Waals surface area contributed by atoms with E-state index in [1.807, 2.05) is 0 Å². The lowest BCUT2D eigenvalue weighted by atomic mass is 10.7. The summed E-state index contributed by atoms with van der Waals surface area (Å²) in [4.78, 5) is 4.65. The maximum Gasteiger partial charge on any atom is 0.234 e. The molecular weight excluding hydrogens is 237 g/mol. The molecule has 0 amide bonds. The molecule has 0 N–H and O–H groups in total. The van der Waals surface area contributed by atoms with Gasteiger partial charge in [0, 0.05) is 5.33 Å². The average molecular weight is 246 g/mol. The molecule has 0 bridgehead atoms. The van der Waals surface area contributed by atoms with Crippen molar-refractivity contribution in [3.63, 3.8) is 0 Å². The molecule has 0 atom stereocenters. The van der Waals surface area contributed by atoms with Gasteiger partial charge in [0.05, 0.1) is 18.6 Å². The van der Waals surface area contributed by atoms with Crippen molar-refractivity contribution in [2.24, 2.45) is 5.28 Å². The molecule has 66 valence electrons. The highest BCUT2D eigenvalue weighted by molar-refractivity contribution is 9.09. The van der Waals surface area contributed by atoms with Crippen LogP contribution < -0.4 is 0 Å². The Bertz CT molecular complexity index is 135. The minimum absolute atomic E-state index is 0.124. The highest BCUT2D eigenvalue weighted by Gasteiger charge is 2.03. The largest absolute Gasteiger partial charge is 0.569 e. The van der Waals surface area contributed by atoms with E-state index in [0.717, 1.165) is 0 Å². The van der Waals surface area contributed by atoms with Crippen LogP contribution in [0.5, 0.6) is 0 Å². The highest BCUT2D eigenvalue weighted by atomic mass is 79.9. The van der Waals surface area contributed by atoms with Gasteiger partial charge in [0.1, 0.15) is 0 Å². The van der Waals surface area contributed by atoms with Crippen LogP contribution in [0.15, 0.2) is 5.28 Å². The molecule has 0 aliphatic rings. The number of alkyl halides is 2. The van der Waals surface area contributed by atoms with Crippen LogP contribution in [0, 0.1) is 5.21 Å². The summed E-state index contributed by atoms with van der Waals surface area (Å²) in [5.74, 6) is 0. The van der Waals surface area contributed by atoms with E-state index in [-0.39, 0.29) is 6.07 Å². The second kappa shape index (κ2) is 6.48. The van der Waals surface area contributed by atoms with Gasteiger partial charge in [0.15, 0.2) is 6.07 Å². The molecule has 0 fully saturated rings. The predicted octanol–water partition coefficient (Wildman–Crippen LogP) is 1.32. The molecule has 0 aliphatic heterocycles. The van der Waals surface area contributed by atoms with Crippen LogP contribution in [0.1, 0.15) is 0 Å². The van der Waals surface area contributed by atoms with Gasteiger partial charge in [-0.3, -0.25) is 0 Å². The van der Waals surface area contributed by atoms with Crippen molar-refractivity contribution < 1.29 is 9.81 Å². The zero-order chi connectivity index (χ0) is 8.69. The zero-order valence-electron chi connectivity index (χ0n) is 6.04. The minimum atomic E-state index is -0.124. The molecule has 0 heterocycles. The first-order valence-electron chi connectivity index (χ1n) is 2.85. The quantitative estimate of drug-likeness (QED) is 0.318. The summed E-state index contributed by atoms with van der Waals surface area (Å²) in [6.45, 7) is 0.554. The Morgan fingerprint density at radius 3 is 2.91 bits per heavy atom. The van der Waals surface area contributed by atoms with Gasteiger partial charge in [-0.1, -0.05) is 27.5 Å². The van der Waals surface area contributed by atoms with E-state index in [1.165, 1.54) is 5.01 Å². The molecule has 0 spiro atoms. The topological polar surface area (TPSA) is 50.9 Å². The van der Waals surface area contributed by atoms with Crippen molar-refractivity contribution >= 4 is 27.5 Å². The second-order valence-corrected chi connectivity index (χ2v) is 2.65. The lowest BCUT2D eigenvalue weighted by molar-refractivity contribution is -0.704. The molecule has 0 aromatic carbocycles. The van der Waals surface area contributed by atoms with E-state index in [4.69, 9.17) is 11.6 Å². The Hall–Kier alpha value is -0.230. The van der Waals surface area contributed by atoms with Gasteiger partial charge in [0.25, 0.3) is 0 Å². The summed E-state index contributed by atoms with van der Waals surface area (Å²) in [6.07, 6.45) is 0. The van der Waals surface area contributed by atoms with Crippen molar-refractivity contribution in [1.29, 1.82) is 0 Å². The number of hydrazine groups is 1. The molecule has 0 unspecified atom stereocenters. The number of rotatable bonds is 5. The fraction of sp³-hybridized carbons (Fsp3) is 1.00. The Morgan fingerprint density at radius 2 is 2.45 bits per heavy atom. The summed E-state index contributed by atoms with van der Waals surface area (Å²) in [5.41, 5.74) is 0. The molecule has 0 saturated carbocycles. The standard InChI is InChI=1S/C4H9BrClN3O2/c1-8(3-2-5)9(10)7-11-4-6/h2-4H2,1H3. The van der Waals surface area contributed by atoms with Crippen molar-refractivity contribution in [2.75, 3.05) is 25.0 Å². The van der Waals surface area contributed by atoms with Gasteiger partial charge in [-0.15, -0.1) is 5.01 Å². The van der Waals surface area contributed by atoms with Crippen LogP contribution in [-0.4, -0.2) is 35.0 Å². The van der Waals surface area contributed by atoms with Crippen LogP contribution in [0.4, 0.5) is 0 Å². The molecule has 11 heavy (non-hydrogen) atoms. The van der Waals surface area contributed by atoms with E-state index in [9.17, 15) is 5.21 Å². The maximum atomic E-state index is 10.8. The summed E-state index contributed by atoms with van der Waals surface area (Å²) in [7, 11) is 1.59. The van der Waals surface area contributed by atoms with Crippen molar-refractivity contribution in [3.8, 4) is 0 Å². The van der Waals surface area contributed by atoms with Crippen LogP contribution in [0.2, 0.25) is 0 Å². The number of nitrogens with zero attached hydrogens (tertiary/aromatic N) is 3. The first kappa shape index (κ1) is 10.8. The summed E-state index contributed by atoms with van der Waals surface area (Å²) >= 11 is 8.29. The normalized spacial score (nSPS) is 11.4. The fourth-order valence-electron chi connectivity index (χ4n) is 0.341. The van der Waals surface area contributed by atoms with Crippen LogP contribution in [-0.2, 0) is 4.84 Å². The Labute approximate surface area is 78.2 Å². The van der Waals surface area contributed by atoms with Crippen LogP contribution in [0.3, 0.4) is 0 Å². The van der Waals surface area contributed by atoms with Gasteiger partial charge >= 0.3 is 0 Å². The van der Waals surface area contributed by atoms with Crippen molar-refractivity contribution in [2.45, 2.75) is 0 Å². The number of halogens is 2. The summed E-state index contributed by atoms with van der Waals surface area (Å²) in [5, 5.41) is 15.9. The van der Waals surface area contributed by atoms with Crippen LogP contribution in [0.25, 0.3) is 0 Å². The third-order valence-electron chi connectivity index (χ3n) is 0.877. The molecular formula is C4H9BrClN3O2. The van der Waals surface area contributed by atoms with Gasteiger partial charge < -0.3 is 10.0 Å². The zero-order valence-corrected chi connectivity index (χ0v) is 8.38. The first-order chi connectivity index (χ1) is 5.22. The van der Waals surface area contributed by atoms with E-state index in [1.54, 1.807) is 7.05 Å². The molecule has 0 aromatic rings. The van der Waals surface area contributed by atoms with Gasteiger partial charge in [-0.25, -0.2) is 0 Å². The van der Waals surface area contributed by atoms with Gasteiger partial charge in [-0.2, -0.15) is 0 Å². The molecule has 7 heteroatoms. The molecule has 5 nitrogen and oxygen atoms in total. The SMILES string of the molecule is CN(CCBr)[N+]([O-])=NOCCl. The molecule has 0 aliphatic carbocycles.